The number of hydrogen-bond acceptors (Lipinski definition) is 6. The molecule has 1 aromatic heterocycles. The molecule has 0 bridgehead atoms. The van der Waals surface area contributed by atoms with Gasteiger partial charge in [0.15, 0.2) is 5.82 Å². The number of methoxy groups -OCH3 is 1. The molecule has 20 heavy (non-hydrogen) atoms. The molecule has 0 atom stereocenters. The van der Waals surface area contributed by atoms with E-state index in [0.717, 1.165) is 31.1 Å². The lowest BCUT2D eigenvalue weighted by Crippen LogP contribution is -2.19. The van der Waals surface area contributed by atoms with Crippen LogP contribution in [0.1, 0.15) is 32.0 Å². The fourth-order valence-electron chi connectivity index (χ4n) is 1.97. The van der Waals surface area contributed by atoms with Gasteiger partial charge in [-0.05, 0) is 25.5 Å². The van der Waals surface area contributed by atoms with E-state index in [0.29, 0.717) is 17.2 Å². The summed E-state index contributed by atoms with van der Waals surface area (Å²) in [5, 5.41) is 6.75. The quantitative estimate of drug-likeness (QED) is 0.731. The van der Waals surface area contributed by atoms with Crippen molar-refractivity contribution in [3.05, 3.63) is 11.9 Å². The van der Waals surface area contributed by atoms with Crippen molar-refractivity contribution in [2.24, 2.45) is 0 Å². The van der Waals surface area contributed by atoms with Gasteiger partial charge in [-0.2, -0.15) is 11.8 Å². The first-order chi connectivity index (χ1) is 9.71. The zero-order valence-corrected chi connectivity index (χ0v) is 13.3. The summed E-state index contributed by atoms with van der Waals surface area (Å²) in [7, 11) is 1.66. The predicted octanol–water partition coefficient (Wildman–Crippen LogP) is 2.75. The van der Waals surface area contributed by atoms with E-state index in [4.69, 9.17) is 4.74 Å². The minimum absolute atomic E-state index is 0.420. The molecule has 2 rings (SSSR count). The van der Waals surface area contributed by atoms with Crippen LogP contribution in [0.2, 0.25) is 0 Å². The Kier molecular flexibility index (Phi) is 5.48. The Morgan fingerprint density at radius 1 is 1.30 bits per heavy atom. The Balaban J connectivity index is 2.03. The lowest BCUT2D eigenvalue weighted by molar-refractivity contribution is 0.178. The lowest BCUT2D eigenvalue weighted by Gasteiger charge is -2.15. The van der Waals surface area contributed by atoms with Gasteiger partial charge in [0.2, 0.25) is 0 Å². The maximum atomic E-state index is 5.14. The van der Waals surface area contributed by atoms with Gasteiger partial charge >= 0.3 is 0 Å². The molecular formula is C14H24N4OS. The number of rotatable bonds is 9. The first kappa shape index (κ1) is 15.4. The van der Waals surface area contributed by atoms with E-state index in [1.54, 1.807) is 7.11 Å². The lowest BCUT2D eigenvalue weighted by atomic mass is 10.4. The number of hydrogen-bond donors (Lipinski definition) is 2. The molecule has 5 nitrogen and oxygen atoms in total. The van der Waals surface area contributed by atoms with Crippen LogP contribution in [-0.2, 0) is 11.3 Å². The Hall–Kier alpha value is -1.01. The van der Waals surface area contributed by atoms with Crippen LogP contribution in [0.4, 0.5) is 11.6 Å². The van der Waals surface area contributed by atoms with Crippen LogP contribution in [-0.4, -0.2) is 41.2 Å². The van der Waals surface area contributed by atoms with E-state index >= 15 is 0 Å². The van der Waals surface area contributed by atoms with Crippen LogP contribution in [0.15, 0.2) is 6.07 Å². The maximum absolute atomic E-state index is 5.14. The molecule has 1 heterocycles. The minimum Gasteiger partial charge on any atom is -0.377 e. The van der Waals surface area contributed by atoms with Gasteiger partial charge in [-0.15, -0.1) is 0 Å². The summed E-state index contributed by atoms with van der Waals surface area (Å²) >= 11 is 1.94. The van der Waals surface area contributed by atoms with E-state index < -0.39 is 0 Å². The van der Waals surface area contributed by atoms with Crippen molar-refractivity contribution in [3.8, 4) is 0 Å². The molecule has 0 unspecified atom stereocenters. The highest BCUT2D eigenvalue weighted by Gasteiger charge is 2.41. The van der Waals surface area contributed by atoms with Gasteiger partial charge in [0.1, 0.15) is 18.2 Å². The summed E-state index contributed by atoms with van der Waals surface area (Å²) in [6.45, 7) is 4.45. The zero-order valence-electron chi connectivity index (χ0n) is 12.5. The van der Waals surface area contributed by atoms with Gasteiger partial charge in [-0.1, -0.05) is 6.92 Å². The van der Waals surface area contributed by atoms with Crippen molar-refractivity contribution >= 4 is 23.4 Å². The van der Waals surface area contributed by atoms with Gasteiger partial charge in [0.05, 0.1) is 0 Å². The van der Waals surface area contributed by atoms with Crippen LogP contribution >= 0.6 is 11.8 Å². The highest BCUT2D eigenvalue weighted by atomic mass is 32.2. The number of nitrogens with zero attached hydrogens (tertiary/aromatic N) is 2. The number of anilines is 2. The van der Waals surface area contributed by atoms with Crippen LogP contribution in [0.5, 0.6) is 0 Å². The maximum Gasteiger partial charge on any atom is 0.158 e. The fourth-order valence-corrected chi connectivity index (χ4v) is 2.70. The van der Waals surface area contributed by atoms with E-state index in [-0.39, 0.29) is 0 Å². The number of thioether (sulfide) groups is 1. The number of ether oxygens (including phenoxy) is 1. The third kappa shape index (κ3) is 4.24. The molecule has 0 aromatic carbocycles. The SMILES string of the molecule is CCCNc1cc(NCC2(SC)CC2)nc(COC)n1. The molecule has 1 fully saturated rings. The highest BCUT2D eigenvalue weighted by Crippen LogP contribution is 2.46. The summed E-state index contributed by atoms with van der Waals surface area (Å²) in [5.41, 5.74) is 0. The third-order valence-electron chi connectivity index (χ3n) is 3.43. The smallest absolute Gasteiger partial charge is 0.158 e. The fraction of sp³-hybridized carbons (Fsp3) is 0.714. The van der Waals surface area contributed by atoms with Crippen LogP contribution in [0.3, 0.4) is 0 Å². The molecule has 0 saturated heterocycles. The van der Waals surface area contributed by atoms with Gasteiger partial charge in [-0.3, -0.25) is 0 Å². The van der Waals surface area contributed by atoms with Crippen molar-refractivity contribution in [2.75, 3.05) is 37.1 Å². The third-order valence-corrected chi connectivity index (χ3v) is 4.85. The first-order valence-corrected chi connectivity index (χ1v) is 8.33. The summed E-state index contributed by atoms with van der Waals surface area (Å²) < 4.78 is 5.56. The molecule has 0 amide bonds. The van der Waals surface area contributed by atoms with Crippen molar-refractivity contribution in [1.29, 1.82) is 0 Å². The minimum atomic E-state index is 0.420. The molecule has 112 valence electrons. The average Bonchev–Trinajstić information content (AvgIpc) is 3.24. The van der Waals surface area contributed by atoms with Crippen LogP contribution in [0.25, 0.3) is 0 Å². The molecule has 2 N–H and O–H groups in total. The Morgan fingerprint density at radius 3 is 2.55 bits per heavy atom. The van der Waals surface area contributed by atoms with Crippen LogP contribution in [0, 0.1) is 0 Å². The van der Waals surface area contributed by atoms with Crippen molar-refractivity contribution in [2.45, 2.75) is 37.5 Å². The average molecular weight is 296 g/mol. The van der Waals surface area contributed by atoms with E-state index in [1.165, 1.54) is 12.8 Å². The van der Waals surface area contributed by atoms with Gasteiger partial charge in [0, 0.05) is 31.0 Å². The second kappa shape index (κ2) is 7.13. The van der Waals surface area contributed by atoms with Gasteiger partial charge in [0.25, 0.3) is 0 Å². The van der Waals surface area contributed by atoms with E-state index in [1.807, 2.05) is 17.8 Å². The molecule has 1 aliphatic rings. The van der Waals surface area contributed by atoms with Crippen molar-refractivity contribution < 1.29 is 4.74 Å². The molecular weight excluding hydrogens is 272 g/mol. The molecule has 0 spiro atoms. The Bertz CT molecular complexity index is 437. The van der Waals surface area contributed by atoms with E-state index in [9.17, 15) is 0 Å². The summed E-state index contributed by atoms with van der Waals surface area (Å²) in [5.74, 6) is 2.46. The van der Waals surface area contributed by atoms with Gasteiger partial charge < -0.3 is 15.4 Å². The van der Waals surface area contributed by atoms with Gasteiger partial charge in [-0.25, -0.2) is 9.97 Å². The largest absolute Gasteiger partial charge is 0.377 e. The van der Waals surface area contributed by atoms with Crippen molar-refractivity contribution in [3.63, 3.8) is 0 Å². The highest BCUT2D eigenvalue weighted by molar-refractivity contribution is 8.00. The molecule has 0 aliphatic heterocycles. The summed E-state index contributed by atoms with van der Waals surface area (Å²) in [4.78, 5) is 8.95. The van der Waals surface area contributed by atoms with Crippen LogP contribution < -0.4 is 10.6 Å². The monoisotopic (exact) mass is 296 g/mol. The second-order valence-electron chi connectivity index (χ2n) is 5.16. The van der Waals surface area contributed by atoms with Crippen molar-refractivity contribution in [1.82, 2.24) is 9.97 Å². The standard InChI is InChI=1S/C14H24N4OS/c1-4-7-15-11-8-12(18-13(17-11)9-19-2)16-10-14(20-3)5-6-14/h8H,4-7,9-10H2,1-3H3,(H2,15,16,17,18). The number of aromatic nitrogens is 2. The molecule has 1 aromatic rings. The molecule has 1 saturated carbocycles. The molecule has 0 radical (unpaired) electrons. The Morgan fingerprint density at radius 2 is 2.00 bits per heavy atom. The predicted molar refractivity (Wildman–Crippen MR) is 85.5 cm³/mol. The number of nitrogens with one attached hydrogen (secondary N) is 2. The molecule has 6 heteroatoms. The molecule has 1 aliphatic carbocycles. The summed E-state index contributed by atoms with van der Waals surface area (Å²) in [6.07, 6.45) is 5.83. The first-order valence-electron chi connectivity index (χ1n) is 7.11. The second-order valence-corrected chi connectivity index (χ2v) is 6.43. The zero-order chi connectivity index (χ0) is 14.4. The summed E-state index contributed by atoms with van der Waals surface area (Å²) in [6, 6.07) is 1.98. The Labute approximate surface area is 125 Å². The topological polar surface area (TPSA) is 59.1 Å². The normalized spacial score (nSPS) is 15.9. The van der Waals surface area contributed by atoms with E-state index in [2.05, 4.69) is 33.8 Å².